The molecule has 1 amide bonds. The lowest BCUT2D eigenvalue weighted by Crippen LogP contribution is -2.20. The third-order valence-electron chi connectivity index (χ3n) is 3.90. The first-order valence-electron chi connectivity index (χ1n) is 7.36. The van der Waals surface area contributed by atoms with Gasteiger partial charge < -0.3 is 5.32 Å². The minimum absolute atomic E-state index is 0.0796. The minimum Gasteiger partial charge on any atom is -0.326 e. The van der Waals surface area contributed by atoms with Gasteiger partial charge in [0.1, 0.15) is 5.82 Å². The molecule has 0 saturated heterocycles. The van der Waals surface area contributed by atoms with Crippen LogP contribution in [0.5, 0.6) is 0 Å². The lowest BCUT2D eigenvalue weighted by molar-refractivity contribution is -0.117. The van der Waals surface area contributed by atoms with Crippen molar-refractivity contribution in [3.8, 4) is 0 Å². The van der Waals surface area contributed by atoms with Gasteiger partial charge in [-0.3, -0.25) is 9.79 Å². The topological polar surface area (TPSA) is 41.5 Å². The third-order valence-corrected chi connectivity index (χ3v) is 3.90. The Morgan fingerprint density at radius 2 is 2.05 bits per heavy atom. The van der Waals surface area contributed by atoms with E-state index < -0.39 is 0 Å². The van der Waals surface area contributed by atoms with Gasteiger partial charge in [0.05, 0.1) is 12.5 Å². The van der Waals surface area contributed by atoms with E-state index in [9.17, 15) is 9.18 Å². The summed E-state index contributed by atoms with van der Waals surface area (Å²) in [4.78, 5) is 16.7. The smallest absolute Gasteiger partial charge is 0.231 e. The molecular weight excluding hydrogens is 279 g/mol. The highest BCUT2D eigenvalue weighted by molar-refractivity contribution is 5.97. The zero-order valence-electron chi connectivity index (χ0n) is 12.3. The molecule has 3 rings (SSSR count). The molecule has 0 aromatic heterocycles. The van der Waals surface area contributed by atoms with Gasteiger partial charge in [0.2, 0.25) is 5.91 Å². The van der Waals surface area contributed by atoms with Crippen LogP contribution in [0.3, 0.4) is 0 Å². The van der Waals surface area contributed by atoms with Crippen LogP contribution >= 0.6 is 0 Å². The molecule has 0 aliphatic carbocycles. The van der Waals surface area contributed by atoms with Crippen molar-refractivity contribution in [3.63, 3.8) is 0 Å². The van der Waals surface area contributed by atoms with E-state index in [-0.39, 0.29) is 17.6 Å². The molecule has 1 aliphatic rings. The highest BCUT2D eigenvalue weighted by atomic mass is 19.1. The lowest BCUT2D eigenvalue weighted by atomic mass is 9.95. The van der Waals surface area contributed by atoms with Gasteiger partial charge in [-0.15, -0.1) is 0 Å². The summed E-state index contributed by atoms with van der Waals surface area (Å²) in [5.74, 6) is -0.663. The van der Waals surface area contributed by atoms with Crippen LogP contribution < -0.4 is 5.32 Å². The number of anilines is 1. The number of hydrogen-bond acceptors (Lipinski definition) is 2. The molecule has 1 unspecified atom stereocenters. The number of hydrogen-bond donors (Lipinski definition) is 1. The van der Waals surface area contributed by atoms with Crippen molar-refractivity contribution in [1.29, 1.82) is 0 Å². The predicted molar refractivity (Wildman–Crippen MR) is 85.8 cm³/mol. The molecule has 0 spiro atoms. The normalized spacial score (nSPS) is 13.7. The van der Waals surface area contributed by atoms with E-state index >= 15 is 0 Å². The van der Waals surface area contributed by atoms with Gasteiger partial charge in [0.25, 0.3) is 0 Å². The van der Waals surface area contributed by atoms with Crippen LogP contribution in [0, 0.1) is 5.82 Å². The molecule has 0 fully saturated rings. The number of rotatable bonds is 4. The maximum Gasteiger partial charge on any atom is 0.231 e. The van der Waals surface area contributed by atoms with Crippen molar-refractivity contribution >= 4 is 17.8 Å². The van der Waals surface area contributed by atoms with E-state index in [4.69, 9.17) is 0 Å². The number of nitrogens with one attached hydrogen (secondary N) is 1. The zero-order chi connectivity index (χ0) is 15.5. The summed E-state index contributed by atoms with van der Waals surface area (Å²) in [7, 11) is 0. The molecule has 4 heteroatoms. The SMILES string of the molecule is CCC(C(=O)Nc1ccc2c(c1)C=NC2)c1ccc(F)cc1. The first-order chi connectivity index (χ1) is 10.7. The number of benzene rings is 2. The molecule has 0 saturated carbocycles. The Labute approximate surface area is 128 Å². The first kappa shape index (κ1) is 14.4. The molecule has 1 heterocycles. The van der Waals surface area contributed by atoms with Gasteiger partial charge in [-0.25, -0.2) is 4.39 Å². The predicted octanol–water partition coefficient (Wildman–Crippen LogP) is 3.89. The summed E-state index contributed by atoms with van der Waals surface area (Å²) in [6.45, 7) is 2.65. The molecule has 0 radical (unpaired) electrons. The summed E-state index contributed by atoms with van der Waals surface area (Å²) in [6, 6.07) is 11.9. The molecule has 1 atom stereocenters. The Morgan fingerprint density at radius 1 is 1.27 bits per heavy atom. The van der Waals surface area contributed by atoms with Crippen LogP contribution in [0.2, 0.25) is 0 Å². The van der Waals surface area contributed by atoms with Gasteiger partial charge in [0.15, 0.2) is 0 Å². The summed E-state index contributed by atoms with van der Waals surface area (Å²) >= 11 is 0. The van der Waals surface area contributed by atoms with E-state index in [0.29, 0.717) is 13.0 Å². The van der Waals surface area contributed by atoms with Crippen LogP contribution in [-0.4, -0.2) is 12.1 Å². The second-order valence-electron chi connectivity index (χ2n) is 5.39. The third kappa shape index (κ3) is 2.91. The van der Waals surface area contributed by atoms with Gasteiger partial charge in [0, 0.05) is 11.9 Å². The van der Waals surface area contributed by atoms with Gasteiger partial charge in [-0.1, -0.05) is 25.1 Å². The largest absolute Gasteiger partial charge is 0.326 e. The van der Waals surface area contributed by atoms with Crippen molar-refractivity contribution in [3.05, 3.63) is 65.0 Å². The molecule has 22 heavy (non-hydrogen) atoms. The average molecular weight is 296 g/mol. The Bertz CT molecular complexity index is 722. The second kappa shape index (κ2) is 6.10. The molecule has 2 aromatic rings. The fourth-order valence-corrected chi connectivity index (χ4v) is 2.68. The lowest BCUT2D eigenvalue weighted by Gasteiger charge is -2.16. The number of halogens is 1. The minimum atomic E-state index is -0.295. The summed E-state index contributed by atoms with van der Waals surface area (Å²) in [5, 5.41) is 2.94. The second-order valence-corrected chi connectivity index (χ2v) is 5.39. The number of amides is 1. The van der Waals surface area contributed by atoms with E-state index in [1.165, 1.54) is 17.7 Å². The monoisotopic (exact) mass is 296 g/mol. The van der Waals surface area contributed by atoms with Crippen LogP contribution in [0.1, 0.15) is 36.0 Å². The molecule has 0 bridgehead atoms. The Morgan fingerprint density at radius 3 is 2.77 bits per heavy atom. The first-order valence-corrected chi connectivity index (χ1v) is 7.36. The maximum absolute atomic E-state index is 13.0. The standard InChI is InChI=1S/C18H17FN2O/c1-2-17(12-3-6-15(19)7-4-12)18(22)21-16-8-5-13-10-20-11-14(13)9-16/h3-9,11,17H,2,10H2,1H3,(H,21,22). The quantitative estimate of drug-likeness (QED) is 0.913. The molecule has 1 N–H and O–H groups in total. The Balaban J connectivity index is 1.77. The van der Waals surface area contributed by atoms with Crippen LogP contribution in [0.4, 0.5) is 10.1 Å². The number of fused-ring (bicyclic) bond motifs is 1. The molecular formula is C18H17FN2O. The zero-order valence-corrected chi connectivity index (χ0v) is 12.3. The summed E-state index contributed by atoms with van der Waals surface area (Å²) < 4.78 is 13.0. The number of nitrogens with zero attached hydrogens (tertiary/aromatic N) is 1. The average Bonchev–Trinajstić information content (AvgIpc) is 2.97. The van der Waals surface area contributed by atoms with Gasteiger partial charge in [-0.2, -0.15) is 0 Å². The summed E-state index contributed by atoms with van der Waals surface area (Å²) in [5.41, 5.74) is 3.80. The summed E-state index contributed by atoms with van der Waals surface area (Å²) in [6.07, 6.45) is 2.48. The molecule has 3 nitrogen and oxygen atoms in total. The van der Waals surface area contributed by atoms with E-state index in [1.54, 1.807) is 12.1 Å². The molecule has 1 aliphatic heterocycles. The Kier molecular flexibility index (Phi) is 4.00. The number of aliphatic imine (C=N–C) groups is 1. The van der Waals surface area contributed by atoms with Gasteiger partial charge in [-0.05, 0) is 47.4 Å². The number of carbonyl (C=O) groups is 1. The van der Waals surface area contributed by atoms with Crippen LogP contribution in [0.25, 0.3) is 0 Å². The van der Waals surface area contributed by atoms with Crippen LogP contribution in [-0.2, 0) is 11.3 Å². The number of carbonyl (C=O) groups excluding carboxylic acids is 1. The maximum atomic E-state index is 13.0. The van der Waals surface area contributed by atoms with E-state index in [0.717, 1.165) is 16.8 Å². The Hall–Kier alpha value is -2.49. The van der Waals surface area contributed by atoms with E-state index in [1.807, 2.05) is 31.3 Å². The van der Waals surface area contributed by atoms with Gasteiger partial charge >= 0.3 is 0 Å². The molecule has 112 valence electrons. The van der Waals surface area contributed by atoms with E-state index in [2.05, 4.69) is 10.3 Å². The van der Waals surface area contributed by atoms with Crippen molar-refractivity contribution in [2.75, 3.05) is 5.32 Å². The molecule has 2 aromatic carbocycles. The van der Waals surface area contributed by atoms with Crippen LogP contribution in [0.15, 0.2) is 47.5 Å². The van der Waals surface area contributed by atoms with Crippen molar-refractivity contribution in [2.24, 2.45) is 4.99 Å². The van der Waals surface area contributed by atoms with Crippen molar-refractivity contribution in [1.82, 2.24) is 0 Å². The van der Waals surface area contributed by atoms with Crippen molar-refractivity contribution in [2.45, 2.75) is 25.8 Å². The fraction of sp³-hybridized carbons (Fsp3) is 0.222. The highest BCUT2D eigenvalue weighted by Crippen LogP contribution is 2.24. The fourth-order valence-electron chi connectivity index (χ4n) is 2.68. The highest BCUT2D eigenvalue weighted by Gasteiger charge is 2.19. The van der Waals surface area contributed by atoms with Crippen molar-refractivity contribution < 1.29 is 9.18 Å².